The van der Waals surface area contributed by atoms with E-state index in [1.165, 1.54) is 14.2 Å². The summed E-state index contributed by atoms with van der Waals surface area (Å²) in [5.41, 5.74) is 5.16. The molecule has 0 radical (unpaired) electrons. The summed E-state index contributed by atoms with van der Waals surface area (Å²) in [6.45, 7) is 2.73. The van der Waals surface area contributed by atoms with Crippen molar-refractivity contribution < 1.29 is 28.7 Å². The third kappa shape index (κ3) is 7.85. The summed E-state index contributed by atoms with van der Waals surface area (Å²) in [6.07, 6.45) is 5.49. The fraction of sp³-hybridized carbons (Fsp3) is 0.289. The number of likely N-dealkylation sites (tertiary alicyclic amines) is 2. The number of benzene rings is 4. The molecule has 3 atom stereocenters. The van der Waals surface area contributed by atoms with Crippen LogP contribution in [0.25, 0.3) is 44.4 Å². The van der Waals surface area contributed by atoms with E-state index in [2.05, 4.69) is 91.0 Å². The van der Waals surface area contributed by atoms with Gasteiger partial charge in [-0.25, -0.2) is 19.6 Å². The van der Waals surface area contributed by atoms with Gasteiger partial charge in [0, 0.05) is 18.7 Å². The predicted molar refractivity (Wildman–Crippen MR) is 222 cm³/mol. The van der Waals surface area contributed by atoms with Gasteiger partial charge in [-0.1, -0.05) is 78.9 Å². The summed E-state index contributed by atoms with van der Waals surface area (Å²) in [5, 5.41) is 7.44. The number of nitrogens with zero attached hydrogens (tertiary/aromatic N) is 4. The largest absolute Gasteiger partial charge is 0.453 e. The fourth-order valence-electron chi connectivity index (χ4n) is 8.27. The highest BCUT2D eigenvalue weighted by Gasteiger charge is 2.44. The Labute approximate surface area is 341 Å². The maximum atomic E-state index is 14.2. The maximum Gasteiger partial charge on any atom is 0.407 e. The van der Waals surface area contributed by atoms with Gasteiger partial charge >= 0.3 is 12.2 Å². The quantitative estimate of drug-likeness (QED) is 0.112. The molecule has 59 heavy (non-hydrogen) atoms. The summed E-state index contributed by atoms with van der Waals surface area (Å²) in [4.78, 5) is 70.8. The van der Waals surface area contributed by atoms with Gasteiger partial charge in [0.1, 0.15) is 23.7 Å². The molecule has 2 aromatic heterocycles. The molecular formula is C45H46N8O6. The van der Waals surface area contributed by atoms with Crippen LogP contribution in [-0.2, 0) is 24.6 Å². The minimum absolute atomic E-state index is 0.126. The van der Waals surface area contributed by atoms with Gasteiger partial charge in [-0.15, -0.1) is 0 Å². The first-order chi connectivity index (χ1) is 28.6. The number of hydrogen-bond donors (Lipinski definition) is 4. The monoisotopic (exact) mass is 794 g/mol. The van der Waals surface area contributed by atoms with E-state index in [1.807, 2.05) is 30.3 Å². The van der Waals surface area contributed by atoms with Gasteiger partial charge < -0.3 is 39.9 Å². The highest BCUT2D eigenvalue weighted by molar-refractivity contribution is 5.92. The molecule has 4 heterocycles. The molecule has 4 N–H and O–H groups in total. The van der Waals surface area contributed by atoms with Crippen LogP contribution >= 0.6 is 0 Å². The number of hydrogen-bond acceptors (Lipinski definition) is 8. The average molecular weight is 795 g/mol. The molecule has 0 unspecified atom stereocenters. The lowest BCUT2D eigenvalue weighted by Crippen LogP contribution is -2.55. The van der Waals surface area contributed by atoms with Crippen LogP contribution < -0.4 is 10.6 Å². The second kappa shape index (κ2) is 16.5. The Morgan fingerprint density at radius 3 is 1.88 bits per heavy atom. The Kier molecular flexibility index (Phi) is 10.9. The number of H-pyrrole nitrogens is 2. The second-order valence-electron chi connectivity index (χ2n) is 15.1. The molecule has 2 fully saturated rings. The third-order valence-corrected chi connectivity index (χ3v) is 11.5. The zero-order valence-corrected chi connectivity index (χ0v) is 33.2. The number of amides is 4. The van der Waals surface area contributed by atoms with Gasteiger partial charge in [-0.3, -0.25) is 9.59 Å². The Bertz CT molecular complexity index is 2500. The minimum Gasteiger partial charge on any atom is -0.453 e. The molecule has 2 saturated heterocycles. The van der Waals surface area contributed by atoms with Gasteiger partial charge in [0.2, 0.25) is 5.91 Å². The number of carbonyl (C=O) groups is 4. The number of fused-ring (bicyclic) bond motifs is 1. The summed E-state index contributed by atoms with van der Waals surface area (Å²) >= 11 is 0. The summed E-state index contributed by atoms with van der Waals surface area (Å²) in [6, 6.07) is 29.8. The highest BCUT2D eigenvalue weighted by Crippen LogP contribution is 2.37. The third-order valence-electron chi connectivity index (χ3n) is 11.5. The maximum absolute atomic E-state index is 14.2. The number of carbonyl (C=O) groups excluding carboxylic acids is 4. The SMILES string of the molecule is COC(=O)NCC(=O)N1CCC[C@H]1c1ncc(-c2ccc3cc(-c4ccc(-c5cnc([C@@H]6CCCN6C(=O)[C@@](C)(NC(=O)OC)c6ccccc6)[nH]5)cc4)ccc3c2)[nH]1. The van der Waals surface area contributed by atoms with E-state index in [0.29, 0.717) is 24.5 Å². The van der Waals surface area contributed by atoms with E-state index in [4.69, 9.17) is 9.72 Å². The van der Waals surface area contributed by atoms with Gasteiger partial charge in [-0.05, 0) is 77.8 Å². The van der Waals surface area contributed by atoms with Gasteiger partial charge in [0.05, 0.1) is 50.1 Å². The van der Waals surface area contributed by atoms with Gasteiger partial charge in [0.15, 0.2) is 0 Å². The smallest absolute Gasteiger partial charge is 0.407 e. The summed E-state index contributed by atoms with van der Waals surface area (Å²) < 4.78 is 9.48. The van der Waals surface area contributed by atoms with E-state index >= 15 is 0 Å². The molecule has 8 rings (SSSR count). The van der Waals surface area contributed by atoms with Crippen LogP contribution in [0, 0.1) is 0 Å². The van der Waals surface area contributed by atoms with Crippen LogP contribution in [0.5, 0.6) is 0 Å². The van der Waals surface area contributed by atoms with Crippen LogP contribution in [-0.4, -0.2) is 87.6 Å². The zero-order chi connectivity index (χ0) is 41.1. The van der Waals surface area contributed by atoms with Crippen LogP contribution in [0.1, 0.15) is 61.9 Å². The lowest BCUT2D eigenvalue weighted by Gasteiger charge is -2.35. The van der Waals surface area contributed by atoms with Crippen molar-refractivity contribution in [2.45, 2.75) is 50.2 Å². The molecule has 2 aliphatic heterocycles. The van der Waals surface area contributed by atoms with E-state index in [0.717, 1.165) is 75.9 Å². The lowest BCUT2D eigenvalue weighted by atomic mass is 9.90. The molecule has 14 nitrogen and oxygen atoms in total. The van der Waals surface area contributed by atoms with E-state index in [9.17, 15) is 19.2 Å². The van der Waals surface area contributed by atoms with Crippen molar-refractivity contribution in [2.75, 3.05) is 33.9 Å². The highest BCUT2D eigenvalue weighted by atomic mass is 16.5. The van der Waals surface area contributed by atoms with E-state index in [-0.39, 0.29) is 30.4 Å². The molecule has 4 aromatic carbocycles. The first-order valence-electron chi connectivity index (χ1n) is 19.7. The Hall–Kier alpha value is -6.96. The molecule has 4 amide bonds. The minimum atomic E-state index is -1.33. The standard InChI is InChI=1S/C45H46N8O6/c1-45(51-44(57)59-3,34-9-5-4-6-10-34)42(55)53-22-8-12-38(53)41-46-25-35(49-41)29-15-13-28(14-16-29)30-17-18-32-24-33(20-19-31(32)23-30)36-26-47-40(50-36)37-11-7-21-52(37)39(54)27-48-43(56)58-2/h4-6,9-10,13-20,23-26,37-38H,7-8,11-12,21-22,27H2,1-3H3,(H,46,49)(H,47,50)(H,48,56)(H,51,57)/t37-,38-,45-/m0/s1. The summed E-state index contributed by atoms with van der Waals surface area (Å²) in [7, 11) is 2.55. The molecule has 0 saturated carbocycles. The number of imidazole rings is 2. The molecule has 0 bridgehead atoms. The number of methoxy groups -OCH3 is 2. The topological polar surface area (TPSA) is 175 Å². The number of aromatic nitrogens is 4. The van der Waals surface area contributed by atoms with Crippen molar-refractivity contribution in [1.82, 2.24) is 40.4 Å². The van der Waals surface area contributed by atoms with Crippen molar-refractivity contribution >= 4 is 34.8 Å². The number of alkyl carbamates (subject to hydrolysis) is 2. The molecule has 0 spiro atoms. The average Bonchev–Trinajstić information content (AvgIpc) is 4.12. The molecular weight excluding hydrogens is 749 g/mol. The fourth-order valence-corrected chi connectivity index (χ4v) is 8.27. The van der Waals surface area contributed by atoms with E-state index in [1.54, 1.807) is 29.1 Å². The Morgan fingerprint density at radius 2 is 1.24 bits per heavy atom. The molecule has 0 aliphatic carbocycles. The molecule has 14 heteroatoms. The van der Waals surface area contributed by atoms with Crippen molar-refractivity contribution in [2.24, 2.45) is 0 Å². The second-order valence-corrected chi connectivity index (χ2v) is 15.1. The normalized spacial score (nSPS) is 17.4. The first kappa shape index (κ1) is 38.9. The van der Waals surface area contributed by atoms with Crippen molar-refractivity contribution in [1.29, 1.82) is 0 Å². The van der Waals surface area contributed by atoms with Crippen LogP contribution in [0.15, 0.2) is 103 Å². The van der Waals surface area contributed by atoms with Crippen molar-refractivity contribution in [3.05, 3.63) is 121 Å². The predicted octanol–water partition coefficient (Wildman–Crippen LogP) is 7.24. The van der Waals surface area contributed by atoms with Crippen LogP contribution in [0.3, 0.4) is 0 Å². The van der Waals surface area contributed by atoms with E-state index < -0.39 is 17.7 Å². The number of rotatable bonds is 10. The molecule has 302 valence electrons. The number of ether oxygens (including phenoxy) is 2. The first-order valence-corrected chi connectivity index (χ1v) is 19.7. The van der Waals surface area contributed by atoms with Gasteiger partial charge in [-0.2, -0.15) is 0 Å². The van der Waals surface area contributed by atoms with Crippen molar-refractivity contribution in [3.8, 4) is 33.6 Å². The van der Waals surface area contributed by atoms with Crippen molar-refractivity contribution in [3.63, 3.8) is 0 Å². The molecule has 2 aliphatic rings. The number of nitrogens with one attached hydrogen (secondary N) is 4. The Balaban J connectivity index is 0.947. The lowest BCUT2D eigenvalue weighted by molar-refractivity contribution is -0.139. The summed E-state index contributed by atoms with van der Waals surface area (Å²) in [5.74, 6) is 1.02. The zero-order valence-electron chi connectivity index (χ0n) is 33.2. The van der Waals surface area contributed by atoms with Crippen LogP contribution in [0.4, 0.5) is 9.59 Å². The van der Waals surface area contributed by atoms with Gasteiger partial charge in [0.25, 0.3) is 5.91 Å². The van der Waals surface area contributed by atoms with Crippen LogP contribution in [0.2, 0.25) is 0 Å². The molecule has 6 aromatic rings. The Morgan fingerprint density at radius 1 is 0.695 bits per heavy atom. The number of aromatic amines is 2.